The van der Waals surface area contributed by atoms with Gasteiger partial charge >= 0.3 is 5.97 Å². The van der Waals surface area contributed by atoms with Crippen molar-refractivity contribution in [3.63, 3.8) is 0 Å². The number of aliphatic carboxylic acids is 1. The number of carbonyl (C=O) groups is 1. The molecule has 0 saturated heterocycles. The van der Waals surface area contributed by atoms with Gasteiger partial charge in [0.15, 0.2) is 0 Å². The summed E-state index contributed by atoms with van der Waals surface area (Å²) in [4.78, 5) is 14.3. The summed E-state index contributed by atoms with van der Waals surface area (Å²) in [5.74, 6) is -0.715. The van der Waals surface area contributed by atoms with Gasteiger partial charge in [-0.2, -0.15) is 0 Å². The molecular weight excluding hydrogens is 202 g/mol. The number of hydrogen-bond donors (Lipinski definition) is 1. The summed E-state index contributed by atoms with van der Waals surface area (Å²) in [6.45, 7) is 2.05. The van der Waals surface area contributed by atoms with Crippen molar-refractivity contribution in [2.75, 3.05) is 0 Å². The number of carboxylic acid groups (broad SMARTS) is 1. The van der Waals surface area contributed by atoms with E-state index in [-0.39, 0.29) is 6.42 Å². The zero-order valence-corrected chi connectivity index (χ0v) is 9.52. The first-order valence-electron chi connectivity index (χ1n) is 5.49. The molecule has 0 spiro atoms. The van der Waals surface area contributed by atoms with Crippen molar-refractivity contribution < 1.29 is 9.90 Å². The summed E-state index contributed by atoms with van der Waals surface area (Å²) in [5, 5.41) is 8.48. The lowest BCUT2D eigenvalue weighted by atomic mass is 10.1. The van der Waals surface area contributed by atoms with E-state index in [9.17, 15) is 4.79 Å². The van der Waals surface area contributed by atoms with Crippen molar-refractivity contribution >= 4 is 11.5 Å². The molecule has 0 aliphatic rings. The quantitative estimate of drug-likeness (QED) is 0.748. The maximum Gasteiger partial charge on any atom is 0.303 e. The molecule has 0 unspecified atom stereocenters. The largest absolute Gasteiger partial charge is 0.481 e. The Morgan fingerprint density at radius 3 is 2.94 bits per heavy atom. The van der Waals surface area contributed by atoms with Crippen LogP contribution in [-0.2, 0) is 4.79 Å². The second-order valence-electron chi connectivity index (χ2n) is 3.77. The summed E-state index contributed by atoms with van der Waals surface area (Å²) in [5.41, 5.74) is 2.32. The number of allylic oxidation sites excluding steroid dienone is 2. The summed E-state index contributed by atoms with van der Waals surface area (Å²) in [6, 6.07) is 3.94. The molecule has 3 heteroatoms. The van der Waals surface area contributed by atoms with Gasteiger partial charge in [-0.3, -0.25) is 9.78 Å². The van der Waals surface area contributed by atoms with Gasteiger partial charge in [0.1, 0.15) is 0 Å². The van der Waals surface area contributed by atoms with Gasteiger partial charge in [0.25, 0.3) is 0 Å². The Kier molecular flexibility index (Phi) is 5.26. The SMILES string of the molecule is C/C(=C/CCCCC(=O)O)c1cccnc1. The fourth-order valence-electron chi connectivity index (χ4n) is 1.45. The predicted octanol–water partition coefficient (Wildman–Crippen LogP) is 3.13. The van der Waals surface area contributed by atoms with Crippen molar-refractivity contribution in [3.05, 3.63) is 36.2 Å². The fourth-order valence-corrected chi connectivity index (χ4v) is 1.45. The third-order valence-corrected chi connectivity index (χ3v) is 2.41. The zero-order chi connectivity index (χ0) is 11.8. The van der Waals surface area contributed by atoms with Crippen molar-refractivity contribution in [1.29, 1.82) is 0 Å². The first-order valence-corrected chi connectivity index (χ1v) is 5.49. The van der Waals surface area contributed by atoms with E-state index in [1.54, 1.807) is 6.20 Å². The molecule has 0 saturated carbocycles. The van der Waals surface area contributed by atoms with E-state index in [0.717, 1.165) is 24.8 Å². The molecule has 16 heavy (non-hydrogen) atoms. The number of rotatable bonds is 6. The molecule has 0 radical (unpaired) electrons. The predicted molar refractivity (Wildman–Crippen MR) is 64.0 cm³/mol. The molecule has 0 aromatic carbocycles. The average Bonchev–Trinajstić information content (AvgIpc) is 2.29. The molecule has 0 atom stereocenters. The Hall–Kier alpha value is -1.64. The van der Waals surface area contributed by atoms with Crippen LogP contribution in [0.1, 0.15) is 38.2 Å². The molecule has 1 aromatic heterocycles. The highest BCUT2D eigenvalue weighted by Gasteiger charge is 1.96. The minimum atomic E-state index is -0.715. The van der Waals surface area contributed by atoms with Crippen LogP contribution >= 0.6 is 0 Å². The summed E-state index contributed by atoms with van der Waals surface area (Å²) in [7, 11) is 0. The highest BCUT2D eigenvalue weighted by molar-refractivity contribution is 5.66. The van der Waals surface area contributed by atoms with Crippen LogP contribution in [0.25, 0.3) is 5.57 Å². The molecule has 86 valence electrons. The fraction of sp³-hybridized carbons (Fsp3) is 0.385. The van der Waals surface area contributed by atoms with Crippen LogP contribution in [-0.4, -0.2) is 16.1 Å². The average molecular weight is 219 g/mol. The molecule has 1 aromatic rings. The molecule has 1 N–H and O–H groups in total. The van der Waals surface area contributed by atoms with Gasteiger partial charge in [0.05, 0.1) is 0 Å². The third kappa shape index (κ3) is 4.73. The normalized spacial score (nSPS) is 11.4. The Bertz CT molecular complexity index is 357. The Labute approximate surface area is 95.8 Å². The molecule has 0 amide bonds. The van der Waals surface area contributed by atoms with Crippen molar-refractivity contribution in [3.8, 4) is 0 Å². The monoisotopic (exact) mass is 219 g/mol. The summed E-state index contributed by atoms with van der Waals surface area (Å²) >= 11 is 0. The molecular formula is C13H17NO2. The zero-order valence-electron chi connectivity index (χ0n) is 9.52. The standard InChI is InChI=1S/C13H17NO2/c1-11(12-7-5-9-14-10-12)6-3-2-4-8-13(15)16/h5-7,9-10H,2-4,8H2,1H3,(H,15,16)/b11-6-. The maximum atomic E-state index is 10.3. The lowest BCUT2D eigenvalue weighted by Gasteiger charge is -2.00. The number of hydrogen-bond acceptors (Lipinski definition) is 2. The Morgan fingerprint density at radius 2 is 2.31 bits per heavy atom. The van der Waals surface area contributed by atoms with Gasteiger partial charge < -0.3 is 5.11 Å². The highest BCUT2D eigenvalue weighted by Crippen LogP contribution is 2.13. The van der Waals surface area contributed by atoms with E-state index < -0.39 is 5.97 Å². The molecule has 1 heterocycles. The lowest BCUT2D eigenvalue weighted by Crippen LogP contribution is -1.93. The topological polar surface area (TPSA) is 50.2 Å². The molecule has 1 rings (SSSR count). The van der Waals surface area contributed by atoms with E-state index in [0.29, 0.717) is 0 Å². The molecule has 3 nitrogen and oxygen atoms in total. The van der Waals surface area contributed by atoms with E-state index in [4.69, 9.17) is 5.11 Å². The minimum absolute atomic E-state index is 0.264. The van der Waals surface area contributed by atoms with Gasteiger partial charge in [-0.25, -0.2) is 0 Å². The van der Waals surface area contributed by atoms with E-state index >= 15 is 0 Å². The van der Waals surface area contributed by atoms with Crippen LogP contribution in [0.4, 0.5) is 0 Å². The number of pyridine rings is 1. The summed E-state index contributed by atoms with van der Waals surface area (Å²) in [6.07, 6.45) is 8.58. The van der Waals surface area contributed by atoms with Crippen LogP contribution in [0.2, 0.25) is 0 Å². The minimum Gasteiger partial charge on any atom is -0.481 e. The van der Waals surface area contributed by atoms with Crippen molar-refractivity contribution in [1.82, 2.24) is 4.98 Å². The van der Waals surface area contributed by atoms with Crippen LogP contribution in [0.15, 0.2) is 30.6 Å². The Balaban J connectivity index is 2.32. The lowest BCUT2D eigenvalue weighted by molar-refractivity contribution is -0.137. The number of aromatic nitrogens is 1. The van der Waals surface area contributed by atoms with E-state index in [1.165, 1.54) is 5.57 Å². The van der Waals surface area contributed by atoms with Crippen molar-refractivity contribution in [2.24, 2.45) is 0 Å². The molecule has 0 fully saturated rings. The van der Waals surface area contributed by atoms with Gasteiger partial charge in [-0.05, 0) is 43.4 Å². The molecule has 0 aliphatic heterocycles. The smallest absolute Gasteiger partial charge is 0.303 e. The maximum absolute atomic E-state index is 10.3. The van der Waals surface area contributed by atoms with Crippen LogP contribution < -0.4 is 0 Å². The van der Waals surface area contributed by atoms with Crippen LogP contribution in [0.5, 0.6) is 0 Å². The van der Waals surface area contributed by atoms with Gasteiger partial charge in [0.2, 0.25) is 0 Å². The van der Waals surface area contributed by atoms with Crippen LogP contribution in [0, 0.1) is 0 Å². The van der Waals surface area contributed by atoms with Gasteiger partial charge in [0, 0.05) is 18.8 Å². The first kappa shape index (κ1) is 12.4. The van der Waals surface area contributed by atoms with Crippen molar-refractivity contribution in [2.45, 2.75) is 32.6 Å². The molecule has 0 bridgehead atoms. The van der Waals surface area contributed by atoms with E-state index in [2.05, 4.69) is 11.1 Å². The number of carboxylic acids is 1. The van der Waals surface area contributed by atoms with Gasteiger partial charge in [-0.1, -0.05) is 12.1 Å². The highest BCUT2D eigenvalue weighted by atomic mass is 16.4. The Morgan fingerprint density at radius 1 is 1.50 bits per heavy atom. The first-order chi connectivity index (χ1) is 7.70. The number of unbranched alkanes of at least 4 members (excludes halogenated alkanes) is 2. The van der Waals surface area contributed by atoms with Crippen LogP contribution in [0.3, 0.4) is 0 Å². The number of nitrogens with zero attached hydrogens (tertiary/aromatic N) is 1. The molecule has 0 aliphatic carbocycles. The van der Waals surface area contributed by atoms with E-state index in [1.807, 2.05) is 25.3 Å². The summed E-state index contributed by atoms with van der Waals surface area (Å²) < 4.78 is 0. The van der Waals surface area contributed by atoms with Gasteiger partial charge in [-0.15, -0.1) is 0 Å². The second-order valence-corrected chi connectivity index (χ2v) is 3.77. The second kappa shape index (κ2) is 6.77. The third-order valence-electron chi connectivity index (χ3n) is 2.41.